The van der Waals surface area contributed by atoms with E-state index in [0.717, 1.165) is 22.0 Å². The molecule has 0 aliphatic carbocycles. The van der Waals surface area contributed by atoms with Gasteiger partial charge in [0.1, 0.15) is 21.7 Å². The highest BCUT2D eigenvalue weighted by Crippen LogP contribution is 2.48. The standard InChI is InChI=1S/C18H20FN3OS2/c1-4-12-10(2)25-18-16(12)17(20-11(3)21-18)24-9-15(23)22-14-8-6-5-7-13(14)19/h5-8,10,12H,4,9H2,1-3H3,(H,22,23). The van der Waals surface area contributed by atoms with E-state index in [2.05, 4.69) is 29.1 Å². The molecule has 2 heterocycles. The summed E-state index contributed by atoms with van der Waals surface area (Å²) >= 11 is 3.17. The van der Waals surface area contributed by atoms with Crippen LogP contribution in [-0.2, 0) is 4.79 Å². The van der Waals surface area contributed by atoms with Gasteiger partial charge >= 0.3 is 0 Å². The zero-order valence-corrected chi connectivity index (χ0v) is 16.0. The molecular weight excluding hydrogens is 357 g/mol. The van der Waals surface area contributed by atoms with Gasteiger partial charge in [-0.05, 0) is 25.5 Å². The molecule has 0 saturated heterocycles. The predicted octanol–water partition coefficient (Wildman–Crippen LogP) is 4.64. The van der Waals surface area contributed by atoms with Crippen molar-refractivity contribution in [1.82, 2.24) is 9.97 Å². The molecule has 0 saturated carbocycles. The van der Waals surface area contributed by atoms with Gasteiger partial charge in [-0.3, -0.25) is 4.79 Å². The van der Waals surface area contributed by atoms with Gasteiger partial charge in [-0.25, -0.2) is 14.4 Å². The van der Waals surface area contributed by atoms with E-state index < -0.39 is 5.82 Å². The fourth-order valence-corrected chi connectivity index (χ4v) is 5.37. The molecule has 1 aliphatic heterocycles. The Kier molecular flexibility index (Phi) is 5.64. The molecule has 0 bridgehead atoms. The maximum atomic E-state index is 13.6. The second-order valence-electron chi connectivity index (χ2n) is 5.95. The van der Waals surface area contributed by atoms with E-state index in [4.69, 9.17) is 0 Å². The highest BCUT2D eigenvalue weighted by molar-refractivity contribution is 8.01. The molecular formula is C18H20FN3OS2. The Morgan fingerprint density at radius 3 is 2.84 bits per heavy atom. The molecule has 2 aromatic rings. The number of hydrogen-bond donors (Lipinski definition) is 1. The summed E-state index contributed by atoms with van der Waals surface area (Å²) in [6, 6.07) is 6.16. The summed E-state index contributed by atoms with van der Waals surface area (Å²) in [7, 11) is 0. The van der Waals surface area contributed by atoms with Crippen molar-refractivity contribution in [3.63, 3.8) is 0 Å². The van der Waals surface area contributed by atoms with Gasteiger partial charge in [0.05, 0.1) is 11.4 Å². The summed E-state index contributed by atoms with van der Waals surface area (Å²) in [4.78, 5) is 21.3. The first-order valence-electron chi connectivity index (χ1n) is 8.22. The van der Waals surface area contributed by atoms with Gasteiger partial charge in [0.15, 0.2) is 0 Å². The molecule has 0 spiro atoms. The number of halogens is 1. The van der Waals surface area contributed by atoms with Crippen LogP contribution in [0.1, 0.15) is 37.6 Å². The summed E-state index contributed by atoms with van der Waals surface area (Å²) in [6.45, 7) is 6.24. The van der Waals surface area contributed by atoms with Crippen molar-refractivity contribution in [3.05, 3.63) is 41.5 Å². The fourth-order valence-electron chi connectivity index (χ4n) is 2.96. The number of hydrogen-bond acceptors (Lipinski definition) is 5. The molecule has 1 aromatic heterocycles. The van der Waals surface area contributed by atoms with E-state index in [0.29, 0.717) is 17.0 Å². The van der Waals surface area contributed by atoms with Crippen molar-refractivity contribution < 1.29 is 9.18 Å². The van der Waals surface area contributed by atoms with Crippen molar-refractivity contribution in [2.75, 3.05) is 11.1 Å². The number of anilines is 1. The Morgan fingerprint density at radius 1 is 1.36 bits per heavy atom. The highest BCUT2D eigenvalue weighted by Gasteiger charge is 2.33. The molecule has 7 heteroatoms. The monoisotopic (exact) mass is 377 g/mol. The van der Waals surface area contributed by atoms with Gasteiger partial charge in [0.25, 0.3) is 0 Å². The van der Waals surface area contributed by atoms with Gasteiger partial charge in [-0.1, -0.05) is 37.7 Å². The van der Waals surface area contributed by atoms with E-state index in [1.165, 1.54) is 17.8 Å². The summed E-state index contributed by atoms with van der Waals surface area (Å²) < 4.78 is 13.6. The molecule has 2 atom stereocenters. The Hall–Kier alpha value is -1.60. The number of fused-ring (bicyclic) bond motifs is 1. The third kappa shape index (κ3) is 3.98. The van der Waals surface area contributed by atoms with Gasteiger partial charge in [0, 0.05) is 16.7 Å². The fraction of sp³-hybridized carbons (Fsp3) is 0.389. The van der Waals surface area contributed by atoms with Crippen LogP contribution in [0.3, 0.4) is 0 Å². The first-order valence-corrected chi connectivity index (χ1v) is 10.1. The largest absolute Gasteiger partial charge is 0.323 e. The summed E-state index contributed by atoms with van der Waals surface area (Å²) in [6.07, 6.45) is 1.02. The van der Waals surface area contributed by atoms with Crippen molar-refractivity contribution in [1.29, 1.82) is 0 Å². The first kappa shape index (κ1) is 18.2. The Bertz CT molecular complexity index is 800. The quantitative estimate of drug-likeness (QED) is 0.607. The maximum absolute atomic E-state index is 13.6. The lowest BCUT2D eigenvalue weighted by Crippen LogP contribution is -2.15. The number of carbonyl (C=O) groups excluding carboxylic acids is 1. The van der Waals surface area contributed by atoms with Crippen molar-refractivity contribution in [3.8, 4) is 0 Å². The zero-order chi connectivity index (χ0) is 18.0. The third-order valence-corrected chi connectivity index (χ3v) is 6.38. The number of amides is 1. The van der Waals surface area contributed by atoms with Crippen LogP contribution in [-0.4, -0.2) is 26.9 Å². The van der Waals surface area contributed by atoms with Crippen LogP contribution >= 0.6 is 23.5 Å². The molecule has 25 heavy (non-hydrogen) atoms. The maximum Gasteiger partial charge on any atom is 0.234 e. The number of benzene rings is 1. The topological polar surface area (TPSA) is 54.9 Å². The van der Waals surface area contributed by atoms with Crippen LogP contribution in [0.25, 0.3) is 0 Å². The second kappa shape index (κ2) is 7.74. The summed E-state index contributed by atoms with van der Waals surface area (Å²) in [5.74, 6) is 0.625. The molecule has 1 aromatic carbocycles. The van der Waals surface area contributed by atoms with Gasteiger partial charge < -0.3 is 5.32 Å². The molecule has 1 amide bonds. The number of thioether (sulfide) groups is 2. The van der Waals surface area contributed by atoms with E-state index in [-0.39, 0.29) is 17.3 Å². The van der Waals surface area contributed by atoms with Gasteiger partial charge in [0.2, 0.25) is 5.91 Å². The molecule has 0 radical (unpaired) electrons. The molecule has 2 unspecified atom stereocenters. The lowest BCUT2D eigenvalue weighted by molar-refractivity contribution is -0.113. The van der Waals surface area contributed by atoms with E-state index in [1.807, 2.05) is 6.92 Å². The minimum absolute atomic E-state index is 0.187. The number of carbonyl (C=O) groups is 1. The average Bonchev–Trinajstić information content (AvgIpc) is 2.89. The number of nitrogens with zero attached hydrogens (tertiary/aromatic N) is 2. The first-order chi connectivity index (χ1) is 12.0. The molecule has 4 nitrogen and oxygen atoms in total. The third-order valence-electron chi connectivity index (χ3n) is 4.15. The minimum atomic E-state index is -0.434. The number of para-hydroxylation sites is 1. The molecule has 3 rings (SSSR count). The highest BCUT2D eigenvalue weighted by atomic mass is 32.2. The number of rotatable bonds is 5. The normalized spacial score (nSPS) is 18.9. The Balaban J connectivity index is 1.74. The smallest absolute Gasteiger partial charge is 0.234 e. The molecule has 132 valence electrons. The van der Waals surface area contributed by atoms with Crippen LogP contribution < -0.4 is 5.32 Å². The van der Waals surface area contributed by atoms with Crippen LogP contribution in [0.2, 0.25) is 0 Å². The molecule has 1 aliphatic rings. The lowest BCUT2D eigenvalue weighted by Gasteiger charge is -2.15. The predicted molar refractivity (Wildman–Crippen MR) is 101 cm³/mol. The van der Waals surface area contributed by atoms with E-state index in [9.17, 15) is 9.18 Å². The average molecular weight is 378 g/mol. The van der Waals surface area contributed by atoms with Gasteiger partial charge in [-0.2, -0.15) is 0 Å². The van der Waals surface area contributed by atoms with Crippen molar-refractivity contribution >= 4 is 35.1 Å². The molecule has 1 N–H and O–H groups in total. The summed E-state index contributed by atoms with van der Waals surface area (Å²) in [5, 5.41) is 4.98. The zero-order valence-electron chi connectivity index (χ0n) is 14.4. The van der Waals surface area contributed by atoms with Crippen LogP contribution in [0, 0.1) is 12.7 Å². The van der Waals surface area contributed by atoms with E-state index in [1.54, 1.807) is 30.0 Å². The number of nitrogens with one attached hydrogen (secondary N) is 1. The number of aryl methyl sites for hydroxylation is 1. The molecule has 0 fully saturated rings. The summed E-state index contributed by atoms with van der Waals surface area (Å²) in [5.41, 5.74) is 1.36. The second-order valence-corrected chi connectivity index (χ2v) is 8.28. The van der Waals surface area contributed by atoms with Crippen LogP contribution in [0.5, 0.6) is 0 Å². The minimum Gasteiger partial charge on any atom is -0.323 e. The van der Waals surface area contributed by atoms with E-state index >= 15 is 0 Å². The van der Waals surface area contributed by atoms with Crippen LogP contribution in [0.4, 0.5) is 10.1 Å². The van der Waals surface area contributed by atoms with Crippen molar-refractivity contribution in [2.45, 2.75) is 48.4 Å². The van der Waals surface area contributed by atoms with Crippen molar-refractivity contribution in [2.24, 2.45) is 0 Å². The SMILES string of the molecule is CCC1c2c(SCC(=O)Nc3ccccc3F)nc(C)nc2SC1C. The Labute approximate surface area is 155 Å². The van der Waals surface area contributed by atoms with Crippen LogP contribution in [0.15, 0.2) is 34.3 Å². The lowest BCUT2D eigenvalue weighted by atomic mass is 9.96. The van der Waals surface area contributed by atoms with Gasteiger partial charge in [-0.15, -0.1) is 11.8 Å². The number of aromatic nitrogens is 2. The Morgan fingerprint density at radius 2 is 2.12 bits per heavy atom.